The first kappa shape index (κ1) is 15.1. The third-order valence-electron chi connectivity index (χ3n) is 5.37. The molecule has 0 amide bonds. The molecule has 2 nitrogen and oxygen atoms in total. The van der Waals surface area contributed by atoms with Crippen molar-refractivity contribution in [1.82, 2.24) is 5.32 Å². The van der Waals surface area contributed by atoms with E-state index in [0.29, 0.717) is 17.4 Å². The summed E-state index contributed by atoms with van der Waals surface area (Å²) >= 11 is 0. The summed E-state index contributed by atoms with van der Waals surface area (Å²) in [6, 6.07) is 11.2. The van der Waals surface area contributed by atoms with Crippen molar-refractivity contribution in [1.29, 1.82) is 0 Å². The number of hydrogen-bond acceptors (Lipinski definition) is 2. The number of nitrogens with one attached hydrogen (secondary N) is 1. The first-order valence-corrected chi connectivity index (χ1v) is 8.60. The zero-order valence-corrected chi connectivity index (χ0v) is 13.5. The van der Waals surface area contributed by atoms with Crippen molar-refractivity contribution >= 4 is 0 Å². The molecule has 0 bridgehead atoms. The van der Waals surface area contributed by atoms with Crippen LogP contribution in [0.15, 0.2) is 30.3 Å². The zero-order chi connectivity index (χ0) is 14.7. The van der Waals surface area contributed by atoms with E-state index in [-0.39, 0.29) is 6.10 Å². The Hall–Kier alpha value is -0.860. The van der Waals surface area contributed by atoms with E-state index in [4.69, 9.17) is 4.74 Å². The van der Waals surface area contributed by atoms with Crippen LogP contribution in [0.3, 0.4) is 0 Å². The minimum atomic E-state index is 0.188. The lowest BCUT2D eigenvalue weighted by molar-refractivity contribution is -0.0174. The second kappa shape index (κ2) is 6.50. The van der Waals surface area contributed by atoms with E-state index < -0.39 is 0 Å². The molecule has 1 aliphatic heterocycles. The Balaban J connectivity index is 1.81. The molecule has 1 saturated carbocycles. The van der Waals surface area contributed by atoms with Gasteiger partial charge in [-0.05, 0) is 24.3 Å². The molecule has 1 heterocycles. The highest BCUT2D eigenvalue weighted by Crippen LogP contribution is 2.40. The van der Waals surface area contributed by atoms with Gasteiger partial charge >= 0.3 is 0 Å². The molecule has 1 spiro atoms. The van der Waals surface area contributed by atoms with Gasteiger partial charge in [0, 0.05) is 18.0 Å². The predicted molar refractivity (Wildman–Crippen MR) is 87.3 cm³/mol. The monoisotopic (exact) mass is 287 g/mol. The van der Waals surface area contributed by atoms with E-state index >= 15 is 0 Å². The van der Waals surface area contributed by atoms with Crippen LogP contribution in [0.5, 0.6) is 0 Å². The first-order valence-electron chi connectivity index (χ1n) is 8.60. The van der Waals surface area contributed by atoms with Crippen molar-refractivity contribution in [3.05, 3.63) is 35.9 Å². The Morgan fingerprint density at radius 2 is 1.81 bits per heavy atom. The summed E-state index contributed by atoms with van der Waals surface area (Å²) in [5.74, 6) is 0.578. The van der Waals surface area contributed by atoms with Crippen molar-refractivity contribution in [2.75, 3.05) is 13.2 Å². The highest BCUT2D eigenvalue weighted by molar-refractivity contribution is 5.20. The van der Waals surface area contributed by atoms with Crippen molar-refractivity contribution in [3.8, 4) is 0 Å². The van der Waals surface area contributed by atoms with E-state index in [2.05, 4.69) is 49.5 Å². The summed E-state index contributed by atoms with van der Waals surface area (Å²) in [5.41, 5.74) is 1.70. The topological polar surface area (TPSA) is 21.3 Å². The van der Waals surface area contributed by atoms with E-state index in [0.717, 1.165) is 13.2 Å². The van der Waals surface area contributed by atoms with Gasteiger partial charge in [-0.15, -0.1) is 0 Å². The Bertz CT molecular complexity index is 436. The Labute approximate surface area is 129 Å². The molecule has 0 radical (unpaired) electrons. The number of rotatable bonds is 2. The highest BCUT2D eigenvalue weighted by Gasteiger charge is 2.39. The molecular formula is C19H29NO. The predicted octanol–water partition coefficient (Wildman–Crippen LogP) is 4.32. The van der Waals surface area contributed by atoms with Crippen LogP contribution < -0.4 is 5.32 Å². The molecule has 2 unspecified atom stereocenters. The van der Waals surface area contributed by atoms with E-state index in [1.165, 1.54) is 37.7 Å². The largest absolute Gasteiger partial charge is 0.371 e. The van der Waals surface area contributed by atoms with Crippen molar-refractivity contribution in [2.45, 2.75) is 58.1 Å². The van der Waals surface area contributed by atoms with Crippen LogP contribution in [0.4, 0.5) is 0 Å². The summed E-state index contributed by atoms with van der Waals surface area (Å²) < 4.78 is 6.49. The van der Waals surface area contributed by atoms with Crippen LogP contribution >= 0.6 is 0 Å². The molecule has 1 saturated heterocycles. The maximum atomic E-state index is 6.49. The van der Waals surface area contributed by atoms with Crippen LogP contribution in [0.2, 0.25) is 0 Å². The molecule has 1 aliphatic carbocycles. The fraction of sp³-hybridized carbons (Fsp3) is 0.684. The van der Waals surface area contributed by atoms with Gasteiger partial charge in [0.15, 0.2) is 0 Å². The zero-order valence-electron chi connectivity index (χ0n) is 13.5. The molecule has 1 aromatic rings. The molecule has 2 fully saturated rings. The summed E-state index contributed by atoms with van der Waals surface area (Å²) in [4.78, 5) is 0. The van der Waals surface area contributed by atoms with E-state index in [9.17, 15) is 0 Å². The summed E-state index contributed by atoms with van der Waals surface area (Å²) in [6.45, 7) is 6.65. The van der Waals surface area contributed by atoms with Crippen molar-refractivity contribution < 1.29 is 4.74 Å². The number of benzene rings is 1. The molecule has 116 valence electrons. The van der Waals surface area contributed by atoms with Gasteiger partial charge in [0.05, 0.1) is 12.7 Å². The standard InChI is InChI=1S/C19H29NO/c1-15(2)17-18(16-9-5-3-6-10-16)21-14-19(13-20-17)11-7-4-8-12-19/h3,5-6,9-10,15,17-18,20H,4,7-8,11-14H2,1-2H3. The normalized spacial score (nSPS) is 29.5. The quantitative estimate of drug-likeness (QED) is 0.874. The Morgan fingerprint density at radius 1 is 1.10 bits per heavy atom. The maximum absolute atomic E-state index is 6.49. The lowest BCUT2D eigenvalue weighted by Gasteiger charge is -2.35. The molecule has 2 atom stereocenters. The molecule has 2 heteroatoms. The van der Waals surface area contributed by atoms with Gasteiger partial charge in [-0.3, -0.25) is 0 Å². The van der Waals surface area contributed by atoms with Crippen LogP contribution in [0.1, 0.15) is 57.6 Å². The average molecular weight is 287 g/mol. The van der Waals surface area contributed by atoms with Gasteiger partial charge in [-0.2, -0.15) is 0 Å². The fourth-order valence-electron chi connectivity index (χ4n) is 4.02. The number of hydrogen-bond donors (Lipinski definition) is 1. The van der Waals surface area contributed by atoms with Gasteiger partial charge in [0.25, 0.3) is 0 Å². The minimum absolute atomic E-state index is 0.188. The first-order chi connectivity index (χ1) is 10.2. The van der Waals surface area contributed by atoms with Gasteiger partial charge in [-0.1, -0.05) is 63.4 Å². The third kappa shape index (κ3) is 3.32. The molecule has 3 rings (SSSR count). The Morgan fingerprint density at radius 3 is 2.48 bits per heavy atom. The van der Waals surface area contributed by atoms with E-state index in [1.54, 1.807) is 0 Å². The third-order valence-corrected chi connectivity index (χ3v) is 5.37. The maximum Gasteiger partial charge on any atom is 0.0980 e. The van der Waals surface area contributed by atoms with E-state index in [1.807, 2.05) is 0 Å². The molecule has 1 N–H and O–H groups in total. The summed E-state index contributed by atoms with van der Waals surface area (Å²) in [7, 11) is 0. The average Bonchev–Trinajstić information content (AvgIpc) is 2.69. The lowest BCUT2D eigenvalue weighted by Crippen LogP contribution is -2.43. The second-order valence-electron chi connectivity index (χ2n) is 7.35. The second-order valence-corrected chi connectivity index (χ2v) is 7.35. The Kier molecular flexibility index (Phi) is 4.66. The van der Waals surface area contributed by atoms with Crippen LogP contribution in [0.25, 0.3) is 0 Å². The van der Waals surface area contributed by atoms with Gasteiger partial charge in [-0.25, -0.2) is 0 Å². The SMILES string of the molecule is CC(C)C1NCC2(CCCCC2)COC1c1ccccc1. The molecule has 2 aliphatic rings. The molecule has 21 heavy (non-hydrogen) atoms. The lowest BCUT2D eigenvalue weighted by atomic mass is 9.74. The van der Waals surface area contributed by atoms with Crippen molar-refractivity contribution in [3.63, 3.8) is 0 Å². The number of ether oxygens (including phenoxy) is 1. The molecule has 0 aromatic heterocycles. The van der Waals surface area contributed by atoms with Gasteiger partial charge in [0.1, 0.15) is 0 Å². The fourth-order valence-corrected chi connectivity index (χ4v) is 4.02. The smallest absolute Gasteiger partial charge is 0.0980 e. The summed E-state index contributed by atoms with van der Waals surface area (Å²) in [6.07, 6.45) is 6.98. The molecule has 1 aromatic carbocycles. The summed E-state index contributed by atoms with van der Waals surface area (Å²) in [5, 5.41) is 3.87. The minimum Gasteiger partial charge on any atom is -0.371 e. The van der Waals surface area contributed by atoms with Gasteiger partial charge < -0.3 is 10.1 Å². The van der Waals surface area contributed by atoms with Crippen LogP contribution in [-0.2, 0) is 4.74 Å². The van der Waals surface area contributed by atoms with Gasteiger partial charge in [0.2, 0.25) is 0 Å². The van der Waals surface area contributed by atoms with Crippen molar-refractivity contribution in [2.24, 2.45) is 11.3 Å². The molecular weight excluding hydrogens is 258 g/mol. The highest BCUT2D eigenvalue weighted by atomic mass is 16.5. The van der Waals surface area contributed by atoms with Crippen LogP contribution in [0, 0.1) is 11.3 Å². The van der Waals surface area contributed by atoms with Crippen LogP contribution in [-0.4, -0.2) is 19.2 Å².